The van der Waals surface area contributed by atoms with Gasteiger partial charge >= 0.3 is 0 Å². The SMILES string of the molecule is Cc1cc(C(O)=C2C(=O)C(=O)N(CCN(C)C)C2c2ccc(O)cc2)ccc1OCC(C)C. The first kappa shape index (κ1) is 24.3. The minimum atomic E-state index is -0.747. The Labute approximate surface area is 194 Å². The summed E-state index contributed by atoms with van der Waals surface area (Å²) in [4.78, 5) is 29.4. The van der Waals surface area contributed by atoms with Crippen molar-refractivity contribution in [3.05, 3.63) is 64.7 Å². The molecule has 2 N–H and O–H groups in total. The van der Waals surface area contributed by atoms with Crippen LogP contribution in [-0.4, -0.2) is 65.5 Å². The number of ketones is 1. The maximum atomic E-state index is 13.1. The highest BCUT2D eigenvalue weighted by atomic mass is 16.5. The van der Waals surface area contributed by atoms with E-state index in [1.54, 1.807) is 30.3 Å². The summed E-state index contributed by atoms with van der Waals surface area (Å²) in [6, 6.07) is 10.8. The van der Waals surface area contributed by atoms with Crippen molar-refractivity contribution >= 4 is 17.4 Å². The molecule has 7 heteroatoms. The van der Waals surface area contributed by atoms with Gasteiger partial charge in [-0.05, 0) is 68.4 Å². The average molecular weight is 453 g/mol. The van der Waals surface area contributed by atoms with Gasteiger partial charge in [-0.1, -0.05) is 26.0 Å². The molecule has 0 spiro atoms. The highest BCUT2D eigenvalue weighted by molar-refractivity contribution is 6.46. The Morgan fingerprint density at radius 3 is 2.36 bits per heavy atom. The summed E-state index contributed by atoms with van der Waals surface area (Å²) in [5, 5.41) is 20.9. The van der Waals surface area contributed by atoms with Crippen LogP contribution < -0.4 is 4.74 Å². The molecule has 1 heterocycles. The molecule has 1 atom stereocenters. The third kappa shape index (κ3) is 5.37. The van der Waals surface area contributed by atoms with Crippen molar-refractivity contribution in [1.82, 2.24) is 9.80 Å². The lowest BCUT2D eigenvalue weighted by Gasteiger charge is -2.26. The number of hydrogen-bond acceptors (Lipinski definition) is 6. The van der Waals surface area contributed by atoms with E-state index >= 15 is 0 Å². The Kier molecular flexibility index (Phi) is 7.43. The zero-order valence-corrected chi connectivity index (χ0v) is 19.8. The number of aliphatic hydroxyl groups excluding tert-OH is 1. The van der Waals surface area contributed by atoms with E-state index < -0.39 is 17.7 Å². The molecule has 0 bridgehead atoms. The van der Waals surface area contributed by atoms with Gasteiger partial charge in [-0.2, -0.15) is 0 Å². The average Bonchev–Trinajstić information content (AvgIpc) is 3.01. The summed E-state index contributed by atoms with van der Waals surface area (Å²) in [5.74, 6) is -0.427. The minimum Gasteiger partial charge on any atom is -0.508 e. The predicted octanol–water partition coefficient (Wildman–Crippen LogP) is 3.72. The quantitative estimate of drug-likeness (QED) is 0.360. The summed E-state index contributed by atoms with van der Waals surface area (Å²) in [6.45, 7) is 7.45. The normalized spacial score (nSPS) is 17.9. The van der Waals surface area contributed by atoms with Crippen LogP contribution in [0, 0.1) is 12.8 Å². The van der Waals surface area contributed by atoms with Crippen LogP contribution in [-0.2, 0) is 9.59 Å². The lowest BCUT2D eigenvalue weighted by Crippen LogP contribution is -2.35. The molecule has 33 heavy (non-hydrogen) atoms. The van der Waals surface area contributed by atoms with Crippen molar-refractivity contribution in [2.45, 2.75) is 26.8 Å². The molecule has 7 nitrogen and oxygen atoms in total. The molecule has 0 radical (unpaired) electrons. The van der Waals surface area contributed by atoms with Crippen LogP contribution in [0.25, 0.3) is 5.76 Å². The second kappa shape index (κ2) is 10.1. The summed E-state index contributed by atoms with van der Waals surface area (Å²) < 4.78 is 5.81. The number of hydrogen-bond donors (Lipinski definition) is 2. The number of carbonyl (C=O) groups excluding carboxylic acids is 2. The van der Waals surface area contributed by atoms with Gasteiger partial charge in [0.15, 0.2) is 0 Å². The maximum absolute atomic E-state index is 13.1. The summed E-state index contributed by atoms with van der Waals surface area (Å²) >= 11 is 0. The largest absolute Gasteiger partial charge is 0.508 e. The topological polar surface area (TPSA) is 90.3 Å². The van der Waals surface area contributed by atoms with E-state index in [0.29, 0.717) is 42.5 Å². The van der Waals surface area contributed by atoms with Crippen LogP contribution in [0.5, 0.6) is 11.5 Å². The number of aryl methyl sites for hydroxylation is 1. The van der Waals surface area contributed by atoms with Crippen molar-refractivity contribution in [2.75, 3.05) is 33.8 Å². The van der Waals surface area contributed by atoms with Crippen LogP contribution in [0.3, 0.4) is 0 Å². The predicted molar refractivity (Wildman–Crippen MR) is 127 cm³/mol. The monoisotopic (exact) mass is 452 g/mol. The molecule has 0 aliphatic carbocycles. The first-order chi connectivity index (χ1) is 15.6. The second-order valence-corrected chi connectivity index (χ2v) is 9.07. The zero-order chi connectivity index (χ0) is 24.3. The molecule has 1 unspecified atom stereocenters. The molecule has 1 saturated heterocycles. The zero-order valence-electron chi connectivity index (χ0n) is 19.8. The van der Waals surface area contributed by atoms with Crippen molar-refractivity contribution in [2.24, 2.45) is 5.92 Å². The van der Waals surface area contributed by atoms with E-state index in [-0.39, 0.29) is 17.1 Å². The Bertz CT molecular complexity index is 1060. The lowest BCUT2D eigenvalue weighted by atomic mass is 9.94. The van der Waals surface area contributed by atoms with Crippen molar-refractivity contribution in [3.8, 4) is 11.5 Å². The van der Waals surface area contributed by atoms with E-state index in [4.69, 9.17) is 4.74 Å². The van der Waals surface area contributed by atoms with E-state index in [0.717, 1.165) is 5.56 Å². The molecule has 1 aliphatic heterocycles. The fourth-order valence-corrected chi connectivity index (χ4v) is 3.79. The number of amides is 1. The highest BCUT2D eigenvalue weighted by Gasteiger charge is 2.45. The van der Waals surface area contributed by atoms with Crippen LogP contribution in [0.15, 0.2) is 48.0 Å². The molecule has 2 aromatic carbocycles. The van der Waals surface area contributed by atoms with Gasteiger partial charge in [0.05, 0.1) is 18.2 Å². The number of benzene rings is 2. The Balaban J connectivity index is 2.06. The number of aliphatic hydroxyl groups is 1. The smallest absolute Gasteiger partial charge is 0.295 e. The van der Waals surface area contributed by atoms with Gasteiger partial charge in [0.25, 0.3) is 11.7 Å². The number of Topliss-reactive ketones (excluding diaryl/α,β-unsaturated/α-hetero) is 1. The summed E-state index contributed by atoms with van der Waals surface area (Å²) in [5.41, 5.74) is 1.95. The maximum Gasteiger partial charge on any atom is 0.295 e. The van der Waals surface area contributed by atoms with Crippen LogP contribution >= 0.6 is 0 Å². The van der Waals surface area contributed by atoms with Crippen LogP contribution in [0.4, 0.5) is 0 Å². The number of likely N-dealkylation sites (N-methyl/N-ethyl adjacent to an activating group) is 1. The molecule has 2 aromatic rings. The number of phenolic OH excluding ortho intramolecular Hbond substituents is 1. The molecule has 1 fully saturated rings. The Morgan fingerprint density at radius 2 is 1.79 bits per heavy atom. The number of ether oxygens (including phenoxy) is 1. The Morgan fingerprint density at radius 1 is 1.12 bits per heavy atom. The number of aromatic hydroxyl groups is 1. The fourth-order valence-electron chi connectivity index (χ4n) is 3.79. The van der Waals surface area contributed by atoms with E-state index in [9.17, 15) is 19.8 Å². The third-order valence-corrected chi connectivity index (χ3v) is 5.56. The molecular weight excluding hydrogens is 420 g/mol. The number of carbonyl (C=O) groups is 2. The molecule has 176 valence electrons. The van der Waals surface area contributed by atoms with Crippen molar-refractivity contribution in [1.29, 1.82) is 0 Å². The standard InChI is InChI=1S/C26H32N2O5/c1-16(2)15-33-21-11-8-19(14-17(21)3)24(30)22-23(18-6-9-20(29)10-7-18)28(13-12-27(4)5)26(32)25(22)31/h6-11,14,16,23,29-30H,12-13,15H2,1-5H3. The van der Waals surface area contributed by atoms with Crippen LogP contribution in [0.1, 0.15) is 36.6 Å². The van der Waals surface area contributed by atoms with Gasteiger partial charge in [0.1, 0.15) is 17.3 Å². The van der Waals surface area contributed by atoms with Crippen molar-refractivity contribution < 1.29 is 24.5 Å². The molecular formula is C26H32N2O5. The molecule has 3 rings (SSSR count). The lowest BCUT2D eigenvalue weighted by molar-refractivity contribution is -0.140. The van der Waals surface area contributed by atoms with E-state index in [1.807, 2.05) is 25.9 Å². The Hall–Kier alpha value is -3.32. The number of rotatable bonds is 8. The van der Waals surface area contributed by atoms with Gasteiger partial charge in [-0.25, -0.2) is 0 Å². The van der Waals surface area contributed by atoms with E-state index in [2.05, 4.69) is 13.8 Å². The van der Waals surface area contributed by atoms with Gasteiger partial charge < -0.3 is 24.7 Å². The number of likely N-dealkylation sites (tertiary alicyclic amines) is 1. The van der Waals surface area contributed by atoms with Gasteiger partial charge in [-0.15, -0.1) is 0 Å². The van der Waals surface area contributed by atoms with Gasteiger partial charge in [-0.3, -0.25) is 9.59 Å². The second-order valence-electron chi connectivity index (χ2n) is 9.07. The highest BCUT2D eigenvalue weighted by Crippen LogP contribution is 2.40. The first-order valence-electron chi connectivity index (χ1n) is 11.1. The molecule has 0 aromatic heterocycles. The molecule has 1 amide bonds. The number of nitrogens with zero attached hydrogens (tertiary/aromatic N) is 2. The van der Waals surface area contributed by atoms with E-state index in [1.165, 1.54) is 17.0 Å². The van der Waals surface area contributed by atoms with Crippen molar-refractivity contribution in [3.63, 3.8) is 0 Å². The molecule has 1 aliphatic rings. The van der Waals surface area contributed by atoms with Gasteiger partial charge in [0.2, 0.25) is 0 Å². The van der Waals surface area contributed by atoms with Gasteiger partial charge in [0, 0.05) is 18.7 Å². The number of phenols is 1. The summed E-state index contributed by atoms with van der Waals surface area (Å²) in [6.07, 6.45) is 0. The molecule has 0 saturated carbocycles. The fraction of sp³-hybridized carbons (Fsp3) is 0.385. The first-order valence-corrected chi connectivity index (χ1v) is 11.1. The van der Waals surface area contributed by atoms with Crippen LogP contribution in [0.2, 0.25) is 0 Å². The third-order valence-electron chi connectivity index (χ3n) is 5.56. The summed E-state index contributed by atoms with van der Waals surface area (Å²) in [7, 11) is 3.77. The minimum absolute atomic E-state index is 0.0414.